The van der Waals surface area contributed by atoms with Gasteiger partial charge in [-0.2, -0.15) is 5.26 Å². The number of carboxylic acid groups (broad SMARTS) is 1. The van der Waals surface area contributed by atoms with E-state index < -0.39 is 17.3 Å². The molecule has 1 aromatic rings. The van der Waals surface area contributed by atoms with Gasteiger partial charge in [0.25, 0.3) is 0 Å². The molecular weight excluding hydrogens is 182 g/mol. The number of carboxylic acids is 1. The zero-order valence-electron chi connectivity index (χ0n) is 7.14. The number of aliphatic carboxylic acids is 1. The van der Waals surface area contributed by atoms with Gasteiger partial charge in [0.2, 0.25) is 0 Å². The molecule has 1 rings (SSSR count). The Labute approximate surface area is 80.3 Å². The van der Waals surface area contributed by atoms with E-state index in [2.05, 4.69) is 0 Å². The van der Waals surface area contributed by atoms with Crippen LogP contribution in [0.4, 0.5) is 0 Å². The highest BCUT2D eigenvalue weighted by molar-refractivity contribution is 5.98. The predicted molar refractivity (Wildman–Crippen MR) is 49.2 cm³/mol. The van der Waals surface area contributed by atoms with Crippen molar-refractivity contribution in [1.82, 2.24) is 0 Å². The Morgan fingerprint density at radius 1 is 1.21 bits per heavy atom. The lowest BCUT2D eigenvalue weighted by atomic mass is 10.1. The maximum Gasteiger partial charge on any atom is 0.350 e. The molecule has 4 heteroatoms. The third kappa shape index (κ3) is 1.90. The maximum atomic E-state index is 10.5. The van der Waals surface area contributed by atoms with Gasteiger partial charge in [0.1, 0.15) is 11.8 Å². The molecule has 0 saturated heterocycles. The van der Waals surface area contributed by atoms with Crippen LogP contribution in [0.15, 0.2) is 35.9 Å². The summed E-state index contributed by atoms with van der Waals surface area (Å²) in [6.07, 6.45) is 0. The minimum absolute atomic E-state index is 0.312. The van der Waals surface area contributed by atoms with Crippen LogP contribution in [0.25, 0.3) is 5.76 Å². The monoisotopic (exact) mass is 189 g/mol. The molecule has 0 bridgehead atoms. The topological polar surface area (TPSA) is 81.3 Å². The molecule has 0 aliphatic heterocycles. The van der Waals surface area contributed by atoms with E-state index in [0.717, 1.165) is 0 Å². The Hall–Kier alpha value is -2.28. The molecule has 0 aliphatic rings. The van der Waals surface area contributed by atoms with Gasteiger partial charge in [0, 0.05) is 5.56 Å². The highest BCUT2D eigenvalue weighted by Crippen LogP contribution is 2.14. The Morgan fingerprint density at radius 2 is 1.79 bits per heavy atom. The van der Waals surface area contributed by atoms with Crippen LogP contribution in [-0.4, -0.2) is 16.2 Å². The molecule has 0 amide bonds. The maximum absolute atomic E-state index is 10.5. The van der Waals surface area contributed by atoms with Crippen molar-refractivity contribution in [3.8, 4) is 6.07 Å². The van der Waals surface area contributed by atoms with Crippen molar-refractivity contribution in [3.05, 3.63) is 41.5 Å². The van der Waals surface area contributed by atoms with Gasteiger partial charge in [0.05, 0.1) is 0 Å². The Morgan fingerprint density at radius 3 is 2.21 bits per heavy atom. The lowest BCUT2D eigenvalue weighted by Crippen LogP contribution is -2.02. The molecule has 0 radical (unpaired) electrons. The predicted octanol–water partition coefficient (Wildman–Crippen LogP) is 1.56. The molecule has 70 valence electrons. The molecule has 14 heavy (non-hydrogen) atoms. The summed E-state index contributed by atoms with van der Waals surface area (Å²) >= 11 is 0. The molecule has 0 fully saturated rings. The highest BCUT2D eigenvalue weighted by Gasteiger charge is 2.14. The quantitative estimate of drug-likeness (QED) is 0.420. The van der Waals surface area contributed by atoms with Gasteiger partial charge in [0.15, 0.2) is 5.57 Å². The molecule has 0 atom stereocenters. The van der Waals surface area contributed by atoms with E-state index in [9.17, 15) is 9.90 Å². The summed E-state index contributed by atoms with van der Waals surface area (Å²) < 4.78 is 0. The zero-order valence-corrected chi connectivity index (χ0v) is 7.14. The molecule has 0 spiro atoms. The minimum atomic E-state index is -1.44. The number of hydrogen-bond acceptors (Lipinski definition) is 3. The van der Waals surface area contributed by atoms with Crippen molar-refractivity contribution in [2.75, 3.05) is 0 Å². The van der Waals surface area contributed by atoms with Crippen LogP contribution in [0.3, 0.4) is 0 Å². The molecule has 0 heterocycles. The Balaban J connectivity index is 3.23. The van der Waals surface area contributed by atoms with Crippen molar-refractivity contribution in [3.63, 3.8) is 0 Å². The van der Waals surface area contributed by atoms with Crippen LogP contribution >= 0.6 is 0 Å². The number of benzene rings is 1. The van der Waals surface area contributed by atoms with Gasteiger partial charge in [-0.25, -0.2) is 4.79 Å². The fraction of sp³-hybridized carbons (Fsp3) is 0. The van der Waals surface area contributed by atoms with E-state index in [1.165, 1.54) is 18.2 Å². The van der Waals surface area contributed by atoms with Crippen molar-refractivity contribution in [2.24, 2.45) is 0 Å². The van der Waals surface area contributed by atoms with E-state index in [4.69, 9.17) is 10.4 Å². The van der Waals surface area contributed by atoms with Gasteiger partial charge in [-0.1, -0.05) is 30.3 Å². The van der Waals surface area contributed by atoms with Crippen molar-refractivity contribution >= 4 is 11.7 Å². The van der Waals surface area contributed by atoms with E-state index in [-0.39, 0.29) is 0 Å². The fourth-order valence-electron chi connectivity index (χ4n) is 0.942. The summed E-state index contributed by atoms with van der Waals surface area (Å²) in [5.74, 6) is -1.95. The lowest BCUT2D eigenvalue weighted by Gasteiger charge is -1.99. The Bertz CT molecular complexity index is 415. The lowest BCUT2D eigenvalue weighted by molar-refractivity contribution is -0.132. The summed E-state index contributed by atoms with van der Waals surface area (Å²) in [5.41, 5.74) is -0.345. The second-order valence-corrected chi connectivity index (χ2v) is 2.51. The molecule has 0 saturated carbocycles. The molecule has 2 N–H and O–H groups in total. The van der Waals surface area contributed by atoms with Crippen LogP contribution < -0.4 is 0 Å². The molecule has 4 nitrogen and oxygen atoms in total. The van der Waals surface area contributed by atoms with Crippen LogP contribution in [0.1, 0.15) is 5.56 Å². The summed E-state index contributed by atoms with van der Waals surface area (Å²) in [7, 11) is 0. The third-order valence-corrected chi connectivity index (χ3v) is 1.61. The van der Waals surface area contributed by atoms with Crippen LogP contribution in [-0.2, 0) is 4.79 Å². The number of aliphatic hydroxyl groups is 1. The molecule has 0 aliphatic carbocycles. The van der Waals surface area contributed by atoms with Crippen LogP contribution in [0.5, 0.6) is 0 Å². The number of carbonyl (C=O) groups is 1. The summed E-state index contributed by atoms with van der Waals surface area (Å²) in [6, 6.07) is 9.49. The summed E-state index contributed by atoms with van der Waals surface area (Å²) in [6.45, 7) is 0. The summed E-state index contributed by atoms with van der Waals surface area (Å²) in [5, 5.41) is 26.5. The standard InChI is InChI=1S/C10H7NO3/c11-6-8(10(13)14)9(12)7-4-2-1-3-5-7/h1-5,12H,(H,13,14). The van der Waals surface area contributed by atoms with Crippen LogP contribution in [0, 0.1) is 11.3 Å². The minimum Gasteiger partial charge on any atom is -0.506 e. The van der Waals surface area contributed by atoms with Gasteiger partial charge in [-0.3, -0.25) is 0 Å². The normalized spacial score (nSPS) is 11.4. The highest BCUT2D eigenvalue weighted by atomic mass is 16.4. The molecular formula is C10H7NO3. The largest absolute Gasteiger partial charge is 0.506 e. The van der Waals surface area contributed by atoms with Crippen molar-refractivity contribution in [1.29, 1.82) is 5.26 Å². The number of aliphatic hydroxyl groups excluding tert-OH is 1. The second kappa shape index (κ2) is 4.10. The molecule has 0 unspecified atom stereocenters. The first-order chi connectivity index (χ1) is 6.66. The van der Waals surface area contributed by atoms with E-state index in [0.29, 0.717) is 5.56 Å². The third-order valence-electron chi connectivity index (χ3n) is 1.61. The van der Waals surface area contributed by atoms with E-state index in [1.807, 2.05) is 0 Å². The number of nitriles is 1. The average Bonchev–Trinajstić information content (AvgIpc) is 2.19. The van der Waals surface area contributed by atoms with Gasteiger partial charge < -0.3 is 10.2 Å². The van der Waals surface area contributed by atoms with Crippen molar-refractivity contribution in [2.45, 2.75) is 0 Å². The first-order valence-electron chi connectivity index (χ1n) is 3.79. The van der Waals surface area contributed by atoms with Gasteiger partial charge in [-0.05, 0) is 0 Å². The van der Waals surface area contributed by atoms with E-state index in [1.54, 1.807) is 18.2 Å². The number of hydrogen-bond donors (Lipinski definition) is 2. The smallest absolute Gasteiger partial charge is 0.350 e. The fourth-order valence-corrected chi connectivity index (χ4v) is 0.942. The van der Waals surface area contributed by atoms with E-state index >= 15 is 0 Å². The average molecular weight is 189 g/mol. The number of nitrogens with zero attached hydrogens (tertiary/aromatic N) is 1. The molecule has 1 aromatic carbocycles. The van der Waals surface area contributed by atoms with Crippen LogP contribution in [0.2, 0.25) is 0 Å². The second-order valence-electron chi connectivity index (χ2n) is 2.51. The SMILES string of the molecule is N#CC(C(=O)O)=C(O)c1ccccc1. The number of rotatable bonds is 2. The van der Waals surface area contributed by atoms with Gasteiger partial charge >= 0.3 is 5.97 Å². The Kier molecular flexibility index (Phi) is 2.87. The first kappa shape index (κ1) is 9.81. The molecule has 0 aromatic heterocycles. The summed E-state index contributed by atoms with van der Waals surface area (Å²) in [4.78, 5) is 10.5. The van der Waals surface area contributed by atoms with Crippen molar-refractivity contribution < 1.29 is 15.0 Å². The van der Waals surface area contributed by atoms with Gasteiger partial charge in [-0.15, -0.1) is 0 Å². The first-order valence-corrected chi connectivity index (χ1v) is 3.79. The zero-order chi connectivity index (χ0) is 10.6.